The van der Waals surface area contributed by atoms with Gasteiger partial charge in [-0.3, -0.25) is 5.10 Å². The van der Waals surface area contributed by atoms with E-state index < -0.39 is 5.60 Å². The van der Waals surface area contributed by atoms with Crippen molar-refractivity contribution in [3.05, 3.63) is 47.1 Å². The van der Waals surface area contributed by atoms with Crippen molar-refractivity contribution in [2.24, 2.45) is 0 Å². The summed E-state index contributed by atoms with van der Waals surface area (Å²) in [6.45, 7) is 4.78. The summed E-state index contributed by atoms with van der Waals surface area (Å²) in [5, 5.41) is 20.9. The van der Waals surface area contributed by atoms with E-state index in [4.69, 9.17) is 11.6 Å². The first-order valence-electron chi connectivity index (χ1n) is 8.30. The van der Waals surface area contributed by atoms with Crippen molar-refractivity contribution in [1.29, 1.82) is 0 Å². The maximum Gasteiger partial charge on any atom is 0.165 e. The summed E-state index contributed by atoms with van der Waals surface area (Å²) in [6, 6.07) is 11.2. The number of β-amino-alcohol motifs (C(OH)–C–C–N with tert-alkyl or cyclic N) is 1. The Balaban J connectivity index is 0.00000140. The van der Waals surface area contributed by atoms with Crippen molar-refractivity contribution in [2.45, 2.75) is 19.4 Å². The topological polar surface area (TPSA) is 90.0 Å². The Labute approximate surface area is 160 Å². The van der Waals surface area contributed by atoms with Crippen LogP contribution in [0.15, 0.2) is 36.4 Å². The third-order valence-corrected chi connectivity index (χ3v) is 4.51. The first kappa shape index (κ1) is 16.8. The molecule has 0 aliphatic carbocycles. The van der Waals surface area contributed by atoms with Gasteiger partial charge in [-0.2, -0.15) is 5.10 Å². The van der Waals surface area contributed by atoms with E-state index in [0.29, 0.717) is 35.6 Å². The number of aromatic nitrogens is 4. The number of benzene rings is 1. The monoisotopic (exact) mass is 376 g/mol. The Bertz CT molecular complexity index is 960. The summed E-state index contributed by atoms with van der Waals surface area (Å²) >= 11 is 6.33. The van der Waals surface area contributed by atoms with Gasteiger partial charge in [0.1, 0.15) is 11.6 Å². The fourth-order valence-electron chi connectivity index (χ4n) is 2.97. The molecule has 1 saturated heterocycles. The molecule has 0 amide bonds. The van der Waals surface area contributed by atoms with Gasteiger partial charge in [0.15, 0.2) is 11.6 Å². The van der Waals surface area contributed by atoms with Gasteiger partial charge in [0.05, 0.1) is 10.6 Å². The molecule has 3 N–H and O–H groups in total. The molecule has 0 unspecified atom stereocenters. The van der Waals surface area contributed by atoms with Crippen molar-refractivity contribution in [2.75, 3.05) is 23.3 Å². The highest BCUT2D eigenvalue weighted by atomic mass is 35.5. The SMILES string of the molecule is Cc1cc(Nc2cc(N3CC(C)(O)C3)nc(-c3ccccc3Cl)n2)n[nH]1.[HH].[HH].[HH]. The molecule has 3 aromatic rings. The Hall–Kier alpha value is -2.64. The number of anilines is 3. The van der Waals surface area contributed by atoms with Crippen LogP contribution >= 0.6 is 11.6 Å². The Morgan fingerprint density at radius 1 is 1.23 bits per heavy atom. The van der Waals surface area contributed by atoms with Crippen molar-refractivity contribution in [1.82, 2.24) is 20.2 Å². The quantitative estimate of drug-likeness (QED) is 0.640. The zero-order valence-corrected chi connectivity index (χ0v) is 15.2. The summed E-state index contributed by atoms with van der Waals surface area (Å²) < 4.78 is 0. The van der Waals surface area contributed by atoms with Crippen LogP contribution in [0.5, 0.6) is 0 Å². The van der Waals surface area contributed by atoms with Gasteiger partial charge in [0.2, 0.25) is 0 Å². The molecule has 3 heterocycles. The average molecular weight is 377 g/mol. The number of H-pyrrole nitrogens is 1. The number of hydrogen-bond acceptors (Lipinski definition) is 6. The lowest BCUT2D eigenvalue weighted by Gasteiger charge is -2.45. The third kappa shape index (κ3) is 3.36. The first-order chi connectivity index (χ1) is 12.4. The number of nitrogens with zero attached hydrogens (tertiary/aromatic N) is 4. The molecule has 0 radical (unpaired) electrons. The predicted molar refractivity (Wildman–Crippen MR) is 108 cm³/mol. The van der Waals surface area contributed by atoms with E-state index in [2.05, 4.69) is 25.5 Å². The maximum absolute atomic E-state index is 10.0. The molecule has 0 bridgehead atoms. The Morgan fingerprint density at radius 3 is 2.65 bits per heavy atom. The first-order valence-corrected chi connectivity index (χ1v) is 8.68. The highest BCUT2D eigenvalue weighted by Gasteiger charge is 2.37. The van der Waals surface area contributed by atoms with Crippen LogP contribution in [0, 0.1) is 6.92 Å². The summed E-state index contributed by atoms with van der Waals surface area (Å²) in [7, 11) is 0. The predicted octanol–water partition coefficient (Wildman–Crippen LogP) is 3.88. The molecule has 8 heteroatoms. The molecule has 2 aromatic heterocycles. The molecular weight excluding hydrogens is 352 g/mol. The second-order valence-corrected chi connectivity index (χ2v) is 7.24. The average Bonchev–Trinajstić information content (AvgIpc) is 2.97. The number of rotatable bonds is 4. The number of nitrogens with one attached hydrogen (secondary N) is 2. The van der Waals surface area contributed by atoms with Gasteiger partial charge >= 0.3 is 0 Å². The van der Waals surface area contributed by atoms with Crippen LogP contribution in [0.25, 0.3) is 11.4 Å². The number of halogens is 1. The largest absolute Gasteiger partial charge is 0.386 e. The van der Waals surface area contributed by atoms with Crippen molar-refractivity contribution in [3.8, 4) is 11.4 Å². The van der Waals surface area contributed by atoms with Crippen LogP contribution in [-0.2, 0) is 0 Å². The van der Waals surface area contributed by atoms with Gasteiger partial charge in [0, 0.05) is 40.8 Å². The van der Waals surface area contributed by atoms with Gasteiger partial charge in [-0.05, 0) is 26.0 Å². The molecule has 1 aliphatic rings. The maximum atomic E-state index is 10.0. The molecular formula is C18H25ClN6O. The summed E-state index contributed by atoms with van der Waals surface area (Å²) in [5.74, 6) is 2.54. The zero-order chi connectivity index (χ0) is 18.3. The van der Waals surface area contributed by atoms with Crippen LogP contribution in [0.4, 0.5) is 17.5 Å². The molecule has 0 spiro atoms. The lowest BCUT2D eigenvalue weighted by molar-refractivity contribution is 0.0305. The Morgan fingerprint density at radius 2 is 2.00 bits per heavy atom. The minimum absolute atomic E-state index is 0. The minimum Gasteiger partial charge on any atom is -0.386 e. The van der Waals surface area contributed by atoms with Gasteiger partial charge in [-0.1, -0.05) is 23.7 Å². The molecule has 1 aliphatic heterocycles. The van der Waals surface area contributed by atoms with E-state index in [9.17, 15) is 5.11 Å². The summed E-state index contributed by atoms with van der Waals surface area (Å²) in [4.78, 5) is 11.2. The minimum atomic E-state index is -0.692. The lowest BCUT2D eigenvalue weighted by Crippen LogP contribution is -2.60. The van der Waals surface area contributed by atoms with E-state index in [1.807, 2.05) is 55.1 Å². The molecule has 1 fully saturated rings. The van der Waals surface area contributed by atoms with Crippen molar-refractivity contribution >= 4 is 29.1 Å². The van der Waals surface area contributed by atoms with E-state index >= 15 is 0 Å². The standard InChI is InChI=1S/C18H19ClN6O.3H2/c1-11-7-15(24-23-11)20-14-8-16(25-9-18(2,26)10-25)22-17(21-14)12-5-3-4-6-13(12)19;;;/h3-8,26H,9-10H2,1-2H3,(H2,20,21,22,23,24);3*1H. The highest BCUT2D eigenvalue weighted by molar-refractivity contribution is 6.33. The second-order valence-electron chi connectivity index (χ2n) is 6.83. The molecule has 26 heavy (non-hydrogen) atoms. The molecule has 0 atom stereocenters. The fraction of sp³-hybridized carbons (Fsp3) is 0.278. The van der Waals surface area contributed by atoms with Gasteiger partial charge < -0.3 is 15.3 Å². The van der Waals surface area contributed by atoms with Crippen LogP contribution < -0.4 is 10.2 Å². The van der Waals surface area contributed by atoms with Crippen LogP contribution in [0.2, 0.25) is 5.02 Å². The fourth-order valence-corrected chi connectivity index (χ4v) is 3.20. The lowest BCUT2D eigenvalue weighted by atomic mass is 9.97. The number of aryl methyl sites for hydroxylation is 1. The second kappa shape index (κ2) is 6.26. The number of hydrogen-bond donors (Lipinski definition) is 3. The molecule has 140 valence electrons. The molecule has 4 rings (SSSR count). The molecule has 1 aromatic carbocycles. The molecule has 0 saturated carbocycles. The van der Waals surface area contributed by atoms with E-state index in [0.717, 1.165) is 17.1 Å². The van der Waals surface area contributed by atoms with Gasteiger partial charge in [-0.25, -0.2) is 9.97 Å². The normalized spacial score (nSPS) is 15.6. The number of aromatic amines is 1. The van der Waals surface area contributed by atoms with Crippen LogP contribution in [0.1, 0.15) is 16.9 Å². The summed E-state index contributed by atoms with van der Waals surface area (Å²) in [6.07, 6.45) is 0. The smallest absolute Gasteiger partial charge is 0.165 e. The van der Waals surface area contributed by atoms with E-state index in [1.165, 1.54) is 0 Å². The van der Waals surface area contributed by atoms with Crippen LogP contribution in [0.3, 0.4) is 0 Å². The van der Waals surface area contributed by atoms with Crippen molar-refractivity contribution < 1.29 is 9.39 Å². The molecule has 7 nitrogen and oxygen atoms in total. The van der Waals surface area contributed by atoms with E-state index in [-0.39, 0.29) is 4.28 Å². The Kier molecular flexibility index (Phi) is 4.05. The number of aliphatic hydroxyl groups is 1. The zero-order valence-electron chi connectivity index (χ0n) is 14.5. The van der Waals surface area contributed by atoms with Gasteiger partial charge in [-0.15, -0.1) is 0 Å². The van der Waals surface area contributed by atoms with Crippen molar-refractivity contribution in [3.63, 3.8) is 0 Å². The third-order valence-electron chi connectivity index (χ3n) is 4.18. The van der Waals surface area contributed by atoms with Gasteiger partial charge in [0.25, 0.3) is 0 Å². The summed E-state index contributed by atoms with van der Waals surface area (Å²) in [5.41, 5.74) is 1.01. The van der Waals surface area contributed by atoms with Crippen LogP contribution in [-0.4, -0.2) is 44.0 Å². The highest BCUT2D eigenvalue weighted by Crippen LogP contribution is 2.32. The van der Waals surface area contributed by atoms with E-state index in [1.54, 1.807) is 0 Å².